The number of hydrogen-bond donors (Lipinski definition) is 1. The van der Waals surface area contributed by atoms with E-state index >= 15 is 0 Å². The molecule has 1 aromatic carbocycles. The third-order valence-corrected chi connectivity index (χ3v) is 5.55. The lowest BCUT2D eigenvalue weighted by atomic mass is 9.83. The highest BCUT2D eigenvalue weighted by molar-refractivity contribution is 5.95. The van der Waals surface area contributed by atoms with Gasteiger partial charge in [-0.05, 0) is 50.4 Å². The zero-order valence-electron chi connectivity index (χ0n) is 15.2. The van der Waals surface area contributed by atoms with E-state index in [1.807, 2.05) is 15.9 Å². The molecular formula is C19H28ClN3O3. The van der Waals surface area contributed by atoms with Crippen LogP contribution < -0.4 is 10.2 Å². The molecule has 4 rings (SSSR count). The largest absolute Gasteiger partial charge is 0.348 e. The first-order chi connectivity index (χ1) is 12.3. The van der Waals surface area contributed by atoms with Gasteiger partial charge in [-0.1, -0.05) is 18.2 Å². The SMILES string of the molecule is CCN1C(=O)N(CC2OCCO2)c2ccccc2C1C1CCNCC1.Cl. The van der Waals surface area contributed by atoms with Crippen molar-refractivity contribution in [2.24, 2.45) is 5.92 Å². The van der Waals surface area contributed by atoms with Crippen molar-refractivity contribution in [3.63, 3.8) is 0 Å². The minimum Gasteiger partial charge on any atom is -0.348 e. The monoisotopic (exact) mass is 381 g/mol. The second-order valence-electron chi connectivity index (χ2n) is 6.94. The molecule has 0 bridgehead atoms. The van der Waals surface area contributed by atoms with Gasteiger partial charge in [0.2, 0.25) is 0 Å². The van der Waals surface area contributed by atoms with Crippen LogP contribution in [0.2, 0.25) is 0 Å². The Morgan fingerprint density at radius 3 is 2.54 bits per heavy atom. The van der Waals surface area contributed by atoms with Gasteiger partial charge in [-0.2, -0.15) is 0 Å². The summed E-state index contributed by atoms with van der Waals surface area (Å²) in [6.07, 6.45) is 1.89. The Morgan fingerprint density at radius 2 is 1.85 bits per heavy atom. The minimum atomic E-state index is -0.328. The fourth-order valence-corrected chi connectivity index (χ4v) is 4.37. The quantitative estimate of drug-likeness (QED) is 0.871. The van der Waals surface area contributed by atoms with Crippen molar-refractivity contribution in [2.75, 3.05) is 44.3 Å². The molecule has 2 saturated heterocycles. The van der Waals surface area contributed by atoms with E-state index in [4.69, 9.17) is 9.47 Å². The number of halogens is 1. The highest BCUT2D eigenvalue weighted by atomic mass is 35.5. The lowest BCUT2D eigenvalue weighted by molar-refractivity contribution is -0.0342. The highest BCUT2D eigenvalue weighted by Gasteiger charge is 2.41. The van der Waals surface area contributed by atoms with E-state index in [2.05, 4.69) is 30.4 Å². The molecule has 1 N–H and O–H groups in total. The number of fused-ring (bicyclic) bond motifs is 1. The summed E-state index contributed by atoms with van der Waals surface area (Å²) < 4.78 is 11.2. The van der Waals surface area contributed by atoms with Crippen LogP contribution in [0.5, 0.6) is 0 Å². The fourth-order valence-electron chi connectivity index (χ4n) is 4.37. The second kappa shape index (κ2) is 8.57. The number of para-hydroxylation sites is 1. The summed E-state index contributed by atoms with van der Waals surface area (Å²) in [7, 11) is 0. The van der Waals surface area contributed by atoms with E-state index in [9.17, 15) is 4.79 Å². The number of hydrogen-bond acceptors (Lipinski definition) is 4. The first kappa shape index (κ1) is 19.4. The van der Waals surface area contributed by atoms with E-state index in [0.29, 0.717) is 32.2 Å². The second-order valence-corrected chi connectivity index (χ2v) is 6.94. The Kier molecular flexibility index (Phi) is 6.40. The van der Waals surface area contributed by atoms with E-state index in [1.165, 1.54) is 5.56 Å². The number of carbonyl (C=O) groups excluding carboxylic acids is 1. The van der Waals surface area contributed by atoms with Gasteiger partial charge >= 0.3 is 6.03 Å². The predicted molar refractivity (Wildman–Crippen MR) is 103 cm³/mol. The topological polar surface area (TPSA) is 54.0 Å². The van der Waals surface area contributed by atoms with Crippen LogP contribution >= 0.6 is 12.4 Å². The fraction of sp³-hybridized carbons (Fsp3) is 0.632. The van der Waals surface area contributed by atoms with Gasteiger partial charge in [-0.3, -0.25) is 4.90 Å². The maximum atomic E-state index is 13.3. The minimum absolute atomic E-state index is 0. The van der Waals surface area contributed by atoms with E-state index in [-0.39, 0.29) is 30.8 Å². The number of nitrogens with one attached hydrogen (secondary N) is 1. The number of urea groups is 1. The van der Waals surface area contributed by atoms with Crippen molar-refractivity contribution in [1.82, 2.24) is 10.2 Å². The Bertz CT molecular complexity index is 618. The van der Waals surface area contributed by atoms with Crippen LogP contribution in [0, 0.1) is 5.92 Å². The molecule has 0 spiro atoms. The van der Waals surface area contributed by atoms with Gasteiger partial charge in [-0.25, -0.2) is 4.79 Å². The van der Waals surface area contributed by atoms with Crippen LogP contribution in [0.4, 0.5) is 10.5 Å². The molecule has 1 aromatic rings. The summed E-state index contributed by atoms with van der Waals surface area (Å²) in [4.78, 5) is 17.2. The molecule has 0 aromatic heterocycles. The van der Waals surface area contributed by atoms with Gasteiger partial charge in [0.1, 0.15) is 0 Å². The van der Waals surface area contributed by atoms with Gasteiger partial charge in [0, 0.05) is 6.54 Å². The molecule has 3 aliphatic rings. The molecule has 2 amide bonds. The normalized spacial score (nSPS) is 24.5. The number of nitrogens with zero attached hydrogens (tertiary/aromatic N) is 2. The highest BCUT2D eigenvalue weighted by Crippen LogP contribution is 2.43. The van der Waals surface area contributed by atoms with E-state index in [1.54, 1.807) is 0 Å². The smallest absolute Gasteiger partial charge is 0.325 e. The summed E-state index contributed by atoms with van der Waals surface area (Å²) in [6, 6.07) is 8.57. The average molecular weight is 382 g/mol. The average Bonchev–Trinajstić information content (AvgIpc) is 3.17. The lowest BCUT2D eigenvalue weighted by Crippen LogP contribution is -2.54. The van der Waals surface area contributed by atoms with Crippen LogP contribution in [-0.4, -0.2) is 56.6 Å². The maximum Gasteiger partial charge on any atom is 0.325 e. The van der Waals surface area contributed by atoms with Gasteiger partial charge in [-0.15, -0.1) is 12.4 Å². The van der Waals surface area contributed by atoms with Crippen LogP contribution in [-0.2, 0) is 9.47 Å². The molecule has 0 aliphatic carbocycles. The van der Waals surface area contributed by atoms with Gasteiger partial charge < -0.3 is 19.7 Å². The van der Waals surface area contributed by atoms with Crippen molar-refractivity contribution < 1.29 is 14.3 Å². The molecule has 3 heterocycles. The lowest BCUT2D eigenvalue weighted by Gasteiger charge is -2.46. The van der Waals surface area contributed by atoms with Crippen LogP contribution in [0.25, 0.3) is 0 Å². The number of benzene rings is 1. The van der Waals surface area contributed by atoms with Gasteiger partial charge in [0.15, 0.2) is 6.29 Å². The standard InChI is InChI=1S/C19H27N3O3.ClH/c1-2-21-18(14-7-9-20-10-8-14)15-5-3-4-6-16(15)22(19(21)23)13-17-24-11-12-25-17;/h3-6,14,17-18,20H,2,7-13H2,1H3;1H. The Labute approximate surface area is 161 Å². The van der Waals surface area contributed by atoms with E-state index < -0.39 is 0 Å². The summed E-state index contributed by atoms with van der Waals surface area (Å²) >= 11 is 0. The Balaban J connectivity index is 0.00000196. The molecule has 0 radical (unpaired) electrons. The van der Waals surface area contributed by atoms with Gasteiger partial charge in [0.05, 0.1) is 31.5 Å². The number of piperidine rings is 1. The van der Waals surface area contributed by atoms with Crippen molar-refractivity contribution in [2.45, 2.75) is 32.1 Å². The Hall–Kier alpha value is -1.34. The van der Waals surface area contributed by atoms with Gasteiger partial charge in [0.25, 0.3) is 0 Å². The molecule has 3 aliphatic heterocycles. The third kappa shape index (κ3) is 3.56. The zero-order valence-corrected chi connectivity index (χ0v) is 16.0. The van der Waals surface area contributed by atoms with Crippen molar-refractivity contribution in [3.05, 3.63) is 29.8 Å². The first-order valence-electron chi connectivity index (χ1n) is 9.40. The molecule has 144 valence electrons. The summed E-state index contributed by atoms with van der Waals surface area (Å²) in [5.74, 6) is 0.507. The molecule has 6 nitrogen and oxygen atoms in total. The van der Waals surface area contributed by atoms with Crippen LogP contribution in [0.3, 0.4) is 0 Å². The number of ether oxygens (including phenoxy) is 2. The summed E-state index contributed by atoms with van der Waals surface area (Å²) in [6.45, 7) is 6.49. The zero-order chi connectivity index (χ0) is 17.2. The number of carbonyl (C=O) groups is 1. The summed E-state index contributed by atoms with van der Waals surface area (Å²) in [5, 5.41) is 3.43. The predicted octanol–water partition coefficient (Wildman–Crippen LogP) is 2.78. The molecule has 1 atom stereocenters. The molecule has 7 heteroatoms. The maximum absolute atomic E-state index is 13.3. The molecular weight excluding hydrogens is 354 g/mol. The molecule has 26 heavy (non-hydrogen) atoms. The molecule has 2 fully saturated rings. The number of rotatable bonds is 4. The van der Waals surface area contributed by atoms with Crippen molar-refractivity contribution >= 4 is 24.1 Å². The number of amides is 2. The Morgan fingerprint density at radius 1 is 1.15 bits per heavy atom. The van der Waals surface area contributed by atoms with Crippen molar-refractivity contribution in [1.29, 1.82) is 0 Å². The van der Waals surface area contributed by atoms with Crippen LogP contribution in [0.1, 0.15) is 31.4 Å². The molecule has 1 unspecified atom stereocenters. The summed E-state index contributed by atoms with van der Waals surface area (Å²) in [5.41, 5.74) is 2.27. The van der Waals surface area contributed by atoms with E-state index in [0.717, 1.165) is 31.6 Å². The molecule has 0 saturated carbocycles. The third-order valence-electron chi connectivity index (χ3n) is 5.55. The van der Waals surface area contributed by atoms with Crippen molar-refractivity contribution in [3.8, 4) is 0 Å². The number of anilines is 1. The first-order valence-corrected chi connectivity index (χ1v) is 9.40. The van der Waals surface area contributed by atoms with Crippen LogP contribution in [0.15, 0.2) is 24.3 Å².